The van der Waals surface area contributed by atoms with Crippen molar-refractivity contribution in [3.8, 4) is 0 Å². The first-order valence-electron chi connectivity index (χ1n) is 11.7. The summed E-state index contributed by atoms with van der Waals surface area (Å²) in [6.07, 6.45) is 0.763. The summed E-state index contributed by atoms with van der Waals surface area (Å²) in [5.74, 6) is -0.431. The second-order valence-corrected chi connectivity index (χ2v) is 8.92. The average Bonchev–Trinajstić information content (AvgIpc) is 2.80. The van der Waals surface area contributed by atoms with E-state index in [4.69, 9.17) is 4.74 Å². The molecule has 0 fully saturated rings. The topological polar surface area (TPSA) is 87.7 Å². The first-order chi connectivity index (χ1) is 16.2. The second-order valence-electron chi connectivity index (χ2n) is 8.92. The second kappa shape index (κ2) is 11.0. The van der Waals surface area contributed by atoms with E-state index in [0.29, 0.717) is 35.7 Å². The Morgan fingerprint density at radius 1 is 1.09 bits per heavy atom. The van der Waals surface area contributed by atoms with Crippen LogP contribution in [0.5, 0.6) is 0 Å². The van der Waals surface area contributed by atoms with Gasteiger partial charge in [0, 0.05) is 23.5 Å². The van der Waals surface area contributed by atoms with E-state index in [0.717, 1.165) is 17.5 Å². The van der Waals surface area contributed by atoms with Crippen LogP contribution in [0.2, 0.25) is 0 Å². The molecule has 7 nitrogen and oxygen atoms in total. The van der Waals surface area contributed by atoms with Gasteiger partial charge in [0.1, 0.15) is 0 Å². The monoisotopic (exact) mass is 463 g/mol. The highest BCUT2D eigenvalue weighted by Crippen LogP contribution is 2.32. The van der Waals surface area contributed by atoms with Crippen molar-refractivity contribution in [3.63, 3.8) is 0 Å². The molecule has 0 aliphatic carbocycles. The Bertz CT molecular complexity index is 1090. The zero-order chi connectivity index (χ0) is 24.8. The minimum atomic E-state index is -0.638. The van der Waals surface area contributed by atoms with Gasteiger partial charge in [0.05, 0.1) is 18.2 Å². The predicted octanol–water partition coefficient (Wildman–Crippen LogP) is 5.20. The number of aryl methyl sites for hydroxylation is 1. The number of amides is 3. The lowest BCUT2D eigenvalue weighted by Crippen LogP contribution is -2.48. The minimum absolute atomic E-state index is 0.194. The molecule has 34 heavy (non-hydrogen) atoms. The summed E-state index contributed by atoms with van der Waals surface area (Å²) in [5, 5.41) is 5.85. The van der Waals surface area contributed by atoms with Crippen molar-refractivity contribution < 1.29 is 19.1 Å². The molecule has 0 bridgehead atoms. The molecule has 1 aliphatic rings. The Morgan fingerprint density at radius 2 is 1.76 bits per heavy atom. The van der Waals surface area contributed by atoms with Gasteiger partial charge in [-0.2, -0.15) is 0 Å². The van der Waals surface area contributed by atoms with Gasteiger partial charge >= 0.3 is 12.0 Å². The molecule has 0 aromatic heterocycles. The van der Waals surface area contributed by atoms with Crippen molar-refractivity contribution >= 4 is 23.6 Å². The lowest BCUT2D eigenvalue weighted by Gasteiger charge is -2.35. The summed E-state index contributed by atoms with van der Waals surface area (Å²) in [5.41, 5.74) is 3.87. The van der Waals surface area contributed by atoms with E-state index in [1.807, 2.05) is 45.9 Å². The van der Waals surface area contributed by atoms with Crippen molar-refractivity contribution in [1.29, 1.82) is 0 Å². The summed E-state index contributed by atoms with van der Waals surface area (Å²) in [7, 11) is 0. The number of esters is 1. The molecule has 3 amide bonds. The van der Waals surface area contributed by atoms with Crippen LogP contribution in [-0.4, -0.2) is 36.0 Å². The quantitative estimate of drug-likeness (QED) is 0.527. The van der Waals surface area contributed by atoms with E-state index in [1.165, 1.54) is 0 Å². The van der Waals surface area contributed by atoms with Gasteiger partial charge in [-0.1, -0.05) is 51.1 Å². The third-order valence-corrected chi connectivity index (χ3v) is 5.70. The van der Waals surface area contributed by atoms with Crippen molar-refractivity contribution in [3.05, 3.63) is 76.5 Å². The molecule has 3 rings (SSSR count). The number of urea groups is 1. The van der Waals surface area contributed by atoms with Gasteiger partial charge in [-0.25, -0.2) is 9.59 Å². The number of benzene rings is 2. The highest BCUT2D eigenvalue weighted by atomic mass is 16.5. The highest BCUT2D eigenvalue weighted by Gasteiger charge is 2.36. The SMILES string of the molecule is CCCN1C(=O)NC(c2ccc(NC(=O)c3ccccc3C)cc2)C(C(=O)OCC(C)C)=C1C. The van der Waals surface area contributed by atoms with E-state index in [2.05, 4.69) is 10.6 Å². The number of ether oxygens (including phenoxy) is 1. The maximum absolute atomic E-state index is 13.0. The van der Waals surface area contributed by atoms with Crippen LogP contribution in [0.4, 0.5) is 10.5 Å². The van der Waals surface area contributed by atoms with E-state index in [9.17, 15) is 14.4 Å². The molecule has 0 spiro atoms. The fourth-order valence-electron chi connectivity index (χ4n) is 3.89. The lowest BCUT2D eigenvalue weighted by atomic mass is 9.94. The van der Waals surface area contributed by atoms with E-state index in [-0.39, 0.29) is 17.9 Å². The minimum Gasteiger partial charge on any atom is -0.462 e. The first-order valence-corrected chi connectivity index (χ1v) is 11.7. The van der Waals surface area contributed by atoms with Crippen LogP contribution < -0.4 is 10.6 Å². The number of nitrogens with zero attached hydrogens (tertiary/aromatic N) is 1. The molecule has 1 aliphatic heterocycles. The first kappa shape index (κ1) is 25.0. The Morgan fingerprint density at radius 3 is 2.38 bits per heavy atom. The van der Waals surface area contributed by atoms with Crippen LogP contribution >= 0.6 is 0 Å². The van der Waals surface area contributed by atoms with Crippen LogP contribution in [0.15, 0.2) is 59.8 Å². The fraction of sp³-hybridized carbons (Fsp3) is 0.370. The normalized spacial score (nSPS) is 15.9. The van der Waals surface area contributed by atoms with Gasteiger partial charge in [0.25, 0.3) is 5.91 Å². The van der Waals surface area contributed by atoms with Gasteiger partial charge in [0.2, 0.25) is 0 Å². The zero-order valence-corrected chi connectivity index (χ0v) is 20.5. The fourth-order valence-corrected chi connectivity index (χ4v) is 3.89. The Labute approximate surface area is 201 Å². The average molecular weight is 464 g/mol. The smallest absolute Gasteiger partial charge is 0.338 e. The molecule has 1 unspecified atom stereocenters. The van der Waals surface area contributed by atoms with Crippen LogP contribution in [0.1, 0.15) is 61.6 Å². The van der Waals surface area contributed by atoms with Crippen molar-refractivity contribution in [2.45, 2.75) is 47.1 Å². The molecule has 2 N–H and O–H groups in total. The summed E-state index contributed by atoms with van der Waals surface area (Å²) < 4.78 is 5.53. The van der Waals surface area contributed by atoms with Gasteiger partial charge in [-0.05, 0) is 55.5 Å². The number of rotatable bonds is 8. The molecule has 2 aromatic rings. The van der Waals surface area contributed by atoms with Crippen LogP contribution in [0.25, 0.3) is 0 Å². The molecule has 0 saturated heterocycles. The van der Waals surface area contributed by atoms with Crippen molar-refractivity contribution in [2.24, 2.45) is 5.92 Å². The Kier molecular flexibility index (Phi) is 8.10. The maximum atomic E-state index is 13.0. The van der Waals surface area contributed by atoms with Gasteiger partial charge < -0.3 is 15.4 Å². The number of nitrogens with one attached hydrogen (secondary N) is 2. The number of hydrogen-bond donors (Lipinski definition) is 2. The summed E-state index contributed by atoms with van der Waals surface area (Å²) in [6, 6.07) is 13.6. The number of carbonyl (C=O) groups is 3. The zero-order valence-electron chi connectivity index (χ0n) is 20.5. The van der Waals surface area contributed by atoms with Gasteiger partial charge in [-0.15, -0.1) is 0 Å². The van der Waals surface area contributed by atoms with E-state index >= 15 is 0 Å². The number of allylic oxidation sites excluding steroid dienone is 1. The van der Waals surface area contributed by atoms with Gasteiger partial charge in [0.15, 0.2) is 0 Å². The summed E-state index contributed by atoms with van der Waals surface area (Å²) in [4.78, 5) is 40.0. The maximum Gasteiger partial charge on any atom is 0.338 e. The number of anilines is 1. The molecule has 0 saturated carbocycles. The molecule has 1 atom stereocenters. The molecule has 2 aromatic carbocycles. The lowest BCUT2D eigenvalue weighted by molar-refractivity contribution is -0.140. The third kappa shape index (κ3) is 5.65. The van der Waals surface area contributed by atoms with Crippen LogP contribution in [0.3, 0.4) is 0 Å². The third-order valence-electron chi connectivity index (χ3n) is 5.70. The van der Waals surface area contributed by atoms with Crippen molar-refractivity contribution in [1.82, 2.24) is 10.2 Å². The molecule has 180 valence electrons. The van der Waals surface area contributed by atoms with Gasteiger partial charge in [-0.3, -0.25) is 9.69 Å². The number of carbonyl (C=O) groups excluding carboxylic acids is 3. The largest absolute Gasteiger partial charge is 0.462 e. The molecular formula is C27H33N3O4. The van der Waals surface area contributed by atoms with Crippen LogP contribution in [-0.2, 0) is 9.53 Å². The predicted molar refractivity (Wildman–Crippen MR) is 132 cm³/mol. The summed E-state index contributed by atoms with van der Waals surface area (Å²) >= 11 is 0. The van der Waals surface area contributed by atoms with E-state index in [1.54, 1.807) is 42.2 Å². The van der Waals surface area contributed by atoms with Crippen LogP contribution in [0, 0.1) is 12.8 Å². The molecule has 0 radical (unpaired) electrons. The molecular weight excluding hydrogens is 430 g/mol. The Hall–Kier alpha value is -3.61. The highest BCUT2D eigenvalue weighted by molar-refractivity contribution is 6.05. The number of hydrogen-bond acceptors (Lipinski definition) is 4. The molecule has 1 heterocycles. The summed E-state index contributed by atoms with van der Waals surface area (Å²) in [6.45, 7) is 10.4. The standard InChI is InChI=1S/C27H33N3O4/c1-6-15-30-19(5)23(26(32)34-16-17(2)3)24(29-27(30)33)20-11-13-21(14-12-20)28-25(31)22-10-8-7-9-18(22)4/h7-14,17,24H,6,15-16H2,1-5H3,(H,28,31)(H,29,33). The molecule has 7 heteroatoms. The Balaban J connectivity index is 1.87. The van der Waals surface area contributed by atoms with Crippen molar-refractivity contribution in [2.75, 3.05) is 18.5 Å². The van der Waals surface area contributed by atoms with E-state index < -0.39 is 12.0 Å².